The maximum Gasteiger partial charge on any atom is 0.137 e. The van der Waals surface area contributed by atoms with E-state index in [1.807, 2.05) is 18.2 Å². The maximum atomic E-state index is 4.42. The van der Waals surface area contributed by atoms with Crippen molar-refractivity contribution in [1.82, 2.24) is 14.9 Å². The quantitative estimate of drug-likeness (QED) is 0.927. The molecule has 20 heavy (non-hydrogen) atoms. The van der Waals surface area contributed by atoms with E-state index in [1.54, 1.807) is 6.33 Å². The van der Waals surface area contributed by atoms with E-state index in [9.17, 15) is 0 Å². The molecule has 0 aliphatic carbocycles. The summed E-state index contributed by atoms with van der Waals surface area (Å²) in [7, 11) is 0. The van der Waals surface area contributed by atoms with Gasteiger partial charge in [-0.3, -0.25) is 0 Å². The third-order valence-corrected chi connectivity index (χ3v) is 4.01. The molecule has 1 saturated heterocycles. The molecule has 1 N–H and O–H groups in total. The monoisotopic (exact) mass is 270 g/mol. The molecule has 2 aromatic rings. The molecule has 3 rings (SSSR count). The van der Waals surface area contributed by atoms with Crippen molar-refractivity contribution in [2.45, 2.75) is 32.2 Å². The predicted octanol–water partition coefficient (Wildman–Crippen LogP) is 2.92. The van der Waals surface area contributed by atoms with Gasteiger partial charge in [-0.15, -0.1) is 0 Å². The number of rotatable bonds is 4. The van der Waals surface area contributed by atoms with Gasteiger partial charge >= 0.3 is 0 Å². The zero-order valence-corrected chi connectivity index (χ0v) is 12.0. The van der Waals surface area contributed by atoms with Gasteiger partial charge in [0.2, 0.25) is 0 Å². The fourth-order valence-electron chi connectivity index (χ4n) is 2.93. The van der Waals surface area contributed by atoms with Crippen LogP contribution >= 0.6 is 0 Å². The molecule has 1 aromatic heterocycles. The molecule has 0 atom stereocenters. The summed E-state index contributed by atoms with van der Waals surface area (Å²) in [4.78, 5) is 11.3. The van der Waals surface area contributed by atoms with Crippen molar-refractivity contribution in [3.8, 4) is 0 Å². The minimum Gasteiger partial charge on any atom is -0.367 e. The summed E-state index contributed by atoms with van der Waals surface area (Å²) in [6.07, 6.45) is 5.28. The molecule has 4 heteroatoms. The molecule has 0 saturated carbocycles. The second kappa shape index (κ2) is 6.18. The molecule has 2 heterocycles. The molecule has 106 valence electrons. The third-order valence-electron chi connectivity index (χ3n) is 4.01. The second-order valence-corrected chi connectivity index (χ2v) is 5.50. The van der Waals surface area contributed by atoms with Crippen LogP contribution in [-0.2, 0) is 0 Å². The molecule has 1 aliphatic rings. The van der Waals surface area contributed by atoms with E-state index >= 15 is 0 Å². The number of piperidine rings is 1. The first kappa shape index (κ1) is 13.3. The number of benzene rings is 1. The summed E-state index contributed by atoms with van der Waals surface area (Å²) in [5.74, 6) is 0.976. The Bertz CT molecular complexity index is 556. The van der Waals surface area contributed by atoms with Gasteiger partial charge in [-0.1, -0.05) is 19.1 Å². The van der Waals surface area contributed by atoms with Gasteiger partial charge < -0.3 is 10.2 Å². The molecule has 1 fully saturated rings. The second-order valence-electron chi connectivity index (χ2n) is 5.50. The van der Waals surface area contributed by atoms with Crippen LogP contribution in [0.3, 0.4) is 0 Å². The van der Waals surface area contributed by atoms with Crippen molar-refractivity contribution >= 4 is 16.7 Å². The summed E-state index contributed by atoms with van der Waals surface area (Å²) in [6, 6.07) is 8.71. The number of para-hydroxylation sites is 1. The SMILES string of the molecule is CCCN1CCC(Nc2ncnc3ccccc23)CC1. The van der Waals surface area contributed by atoms with Gasteiger partial charge in [-0.2, -0.15) is 0 Å². The molecule has 0 radical (unpaired) electrons. The van der Waals surface area contributed by atoms with Gasteiger partial charge in [0.25, 0.3) is 0 Å². The van der Waals surface area contributed by atoms with Crippen LogP contribution in [0.2, 0.25) is 0 Å². The highest BCUT2D eigenvalue weighted by Crippen LogP contribution is 2.21. The van der Waals surface area contributed by atoms with Crippen molar-refractivity contribution in [3.63, 3.8) is 0 Å². The summed E-state index contributed by atoms with van der Waals surface area (Å²) in [5.41, 5.74) is 1.01. The lowest BCUT2D eigenvalue weighted by molar-refractivity contribution is 0.219. The Morgan fingerprint density at radius 3 is 2.80 bits per heavy atom. The standard InChI is InChI=1S/C16H22N4/c1-2-9-20-10-7-13(8-11-20)19-16-14-5-3-4-6-15(14)17-12-18-16/h3-6,12-13H,2,7-11H2,1H3,(H,17,18,19). The molecular weight excluding hydrogens is 248 g/mol. The van der Waals surface area contributed by atoms with Crippen molar-refractivity contribution in [2.75, 3.05) is 25.0 Å². The van der Waals surface area contributed by atoms with E-state index in [1.165, 1.54) is 38.9 Å². The topological polar surface area (TPSA) is 41.0 Å². The smallest absolute Gasteiger partial charge is 0.137 e. The number of fused-ring (bicyclic) bond motifs is 1. The number of hydrogen-bond donors (Lipinski definition) is 1. The average Bonchev–Trinajstić information content (AvgIpc) is 2.50. The first-order valence-electron chi connectivity index (χ1n) is 7.55. The lowest BCUT2D eigenvalue weighted by atomic mass is 10.0. The summed E-state index contributed by atoms with van der Waals surface area (Å²) in [5, 5.41) is 4.73. The van der Waals surface area contributed by atoms with E-state index in [0.29, 0.717) is 6.04 Å². The number of hydrogen-bond acceptors (Lipinski definition) is 4. The predicted molar refractivity (Wildman–Crippen MR) is 82.9 cm³/mol. The average molecular weight is 270 g/mol. The Kier molecular flexibility index (Phi) is 4.11. The first-order valence-corrected chi connectivity index (χ1v) is 7.55. The van der Waals surface area contributed by atoms with Crippen LogP contribution in [0.5, 0.6) is 0 Å². The fraction of sp³-hybridized carbons (Fsp3) is 0.500. The van der Waals surface area contributed by atoms with Gasteiger partial charge in [-0.25, -0.2) is 9.97 Å². The summed E-state index contributed by atoms with van der Waals surface area (Å²) in [6.45, 7) is 5.85. The molecule has 0 bridgehead atoms. The van der Waals surface area contributed by atoms with Gasteiger partial charge in [0.1, 0.15) is 12.1 Å². The Morgan fingerprint density at radius 2 is 2.00 bits per heavy atom. The third kappa shape index (κ3) is 2.90. The zero-order valence-electron chi connectivity index (χ0n) is 12.0. The van der Waals surface area contributed by atoms with Crippen LogP contribution in [0.1, 0.15) is 26.2 Å². The highest BCUT2D eigenvalue weighted by Gasteiger charge is 2.19. The van der Waals surface area contributed by atoms with Crippen molar-refractivity contribution in [3.05, 3.63) is 30.6 Å². The van der Waals surface area contributed by atoms with E-state index in [0.717, 1.165) is 16.7 Å². The molecule has 4 nitrogen and oxygen atoms in total. The normalized spacial score (nSPS) is 17.4. The largest absolute Gasteiger partial charge is 0.367 e. The number of nitrogens with one attached hydrogen (secondary N) is 1. The first-order chi connectivity index (χ1) is 9.86. The van der Waals surface area contributed by atoms with E-state index in [-0.39, 0.29) is 0 Å². The highest BCUT2D eigenvalue weighted by atomic mass is 15.1. The minimum absolute atomic E-state index is 0.529. The van der Waals surface area contributed by atoms with Crippen LogP contribution in [0, 0.1) is 0 Å². The van der Waals surface area contributed by atoms with E-state index < -0.39 is 0 Å². The van der Waals surface area contributed by atoms with Crippen molar-refractivity contribution in [2.24, 2.45) is 0 Å². The van der Waals surface area contributed by atoms with E-state index in [2.05, 4.69) is 33.2 Å². The van der Waals surface area contributed by atoms with Crippen LogP contribution in [0.25, 0.3) is 10.9 Å². The Morgan fingerprint density at radius 1 is 1.20 bits per heavy atom. The number of anilines is 1. The zero-order chi connectivity index (χ0) is 13.8. The maximum absolute atomic E-state index is 4.42. The number of likely N-dealkylation sites (tertiary alicyclic amines) is 1. The minimum atomic E-state index is 0.529. The molecule has 0 spiro atoms. The number of nitrogens with zero attached hydrogens (tertiary/aromatic N) is 3. The van der Waals surface area contributed by atoms with Crippen molar-refractivity contribution < 1.29 is 0 Å². The Hall–Kier alpha value is -1.68. The highest BCUT2D eigenvalue weighted by molar-refractivity contribution is 5.88. The molecule has 0 unspecified atom stereocenters. The fourth-order valence-corrected chi connectivity index (χ4v) is 2.93. The molecule has 1 aliphatic heterocycles. The van der Waals surface area contributed by atoms with Gasteiger partial charge in [-0.05, 0) is 37.9 Å². The summed E-state index contributed by atoms with van der Waals surface area (Å²) < 4.78 is 0. The number of aromatic nitrogens is 2. The van der Waals surface area contributed by atoms with Crippen LogP contribution < -0.4 is 5.32 Å². The molecular formula is C16H22N4. The van der Waals surface area contributed by atoms with Gasteiger partial charge in [0.15, 0.2) is 0 Å². The van der Waals surface area contributed by atoms with Crippen LogP contribution in [0.4, 0.5) is 5.82 Å². The Balaban J connectivity index is 1.68. The van der Waals surface area contributed by atoms with Crippen molar-refractivity contribution in [1.29, 1.82) is 0 Å². The van der Waals surface area contributed by atoms with Gasteiger partial charge in [0.05, 0.1) is 5.52 Å². The van der Waals surface area contributed by atoms with Gasteiger partial charge in [0, 0.05) is 24.5 Å². The van der Waals surface area contributed by atoms with E-state index in [4.69, 9.17) is 0 Å². The van der Waals surface area contributed by atoms with Crippen LogP contribution in [-0.4, -0.2) is 40.5 Å². The molecule has 1 aromatic carbocycles. The lowest BCUT2D eigenvalue weighted by Crippen LogP contribution is -2.39. The van der Waals surface area contributed by atoms with Crippen LogP contribution in [0.15, 0.2) is 30.6 Å². The Labute approximate surface area is 120 Å². The summed E-state index contributed by atoms with van der Waals surface area (Å²) >= 11 is 0. The molecule has 0 amide bonds. The lowest BCUT2D eigenvalue weighted by Gasteiger charge is -2.32.